The average molecular weight is 639 g/mol. The van der Waals surface area contributed by atoms with E-state index in [2.05, 4.69) is 37.6 Å². The molecular weight excluding hydrogens is 584 g/mol. The van der Waals surface area contributed by atoms with Gasteiger partial charge in [-0.2, -0.15) is 4.98 Å². The summed E-state index contributed by atoms with van der Waals surface area (Å²) in [6.07, 6.45) is 6.37. The topological polar surface area (TPSA) is 132 Å². The number of nitrogens with one attached hydrogen (secondary N) is 1. The van der Waals surface area contributed by atoms with Gasteiger partial charge in [-0.25, -0.2) is 9.78 Å². The van der Waals surface area contributed by atoms with Gasteiger partial charge in [0, 0.05) is 43.7 Å². The predicted molar refractivity (Wildman–Crippen MR) is 178 cm³/mol. The Morgan fingerprint density at radius 1 is 1.04 bits per heavy atom. The molecule has 2 saturated heterocycles. The summed E-state index contributed by atoms with van der Waals surface area (Å²) in [6, 6.07) is 1.98. The van der Waals surface area contributed by atoms with Gasteiger partial charge < -0.3 is 24.4 Å². The molecule has 0 aromatic carbocycles. The minimum Gasteiger partial charge on any atom is -0.511 e. The van der Waals surface area contributed by atoms with Crippen LogP contribution in [-0.4, -0.2) is 99.5 Å². The number of aromatic nitrogens is 2. The number of ketones is 1. The number of likely N-dealkylation sites (N-methyl/N-ethyl adjacent to an activating group) is 1. The van der Waals surface area contributed by atoms with Crippen molar-refractivity contribution in [1.82, 2.24) is 19.8 Å². The lowest BCUT2D eigenvalue weighted by molar-refractivity contribution is -0.131. The van der Waals surface area contributed by atoms with Gasteiger partial charge >= 0.3 is 6.09 Å². The monoisotopic (exact) mass is 638 g/mol. The largest absolute Gasteiger partial charge is 0.511 e. The summed E-state index contributed by atoms with van der Waals surface area (Å²) >= 11 is 0. The molecule has 2 N–H and O–H groups in total. The van der Waals surface area contributed by atoms with E-state index in [0.717, 1.165) is 38.6 Å². The maximum atomic E-state index is 13.2. The molecule has 3 heterocycles. The zero-order valence-electron chi connectivity index (χ0n) is 28.9. The van der Waals surface area contributed by atoms with Gasteiger partial charge in [0.05, 0.1) is 11.5 Å². The number of ether oxygens (including phenoxy) is 2. The molecule has 254 valence electrons. The third-order valence-corrected chi connectivity index (χ3v) is 10.3. The summed E-state index contributed by atoms with van der Waals surface area (Å²) in [5.41, 5.74) is -0.976. The highest BCUT2D eigenvalue weighted by Gasteiger charge is 2.47. The normalized spacial score (nSPS) is 27.0. The first-order valence-corrected chi connectivity index (χ1v) is 17.3. The number of likely N-dealkylation sites (tertiary alicyclic amines) is 1. The molecule has 1 aromatic heterocycles. The number of carbonyl (C=O) groups excluding carboxylic acids is 2. The second kappa shape index (κ2) is 13.5. The summed E-state index contributed by atoms with van der Waals surface area (Å²) in [5, 5.41) is 20.9. The molecule has 11 heteroatoms. The molecule has 3 fully saturated rings. The number of allylic oxidation sites excluding steroid dienone is 2. The molecule has 1 aromatic rings. The van der Waals surface area contributed by atoms with E-state index in [1.54, 1.807) is 0 Å². The van der Waals surface area contributed by atoms with Crippen LogP contribution >= 0.6 is 0 Å². The number of aliphatic hydroxyl groups is 1. The van der Waals surface area contributed by atoms with Crippen LogP contribution in [0.3, 0.4) is 0 Å². The predicted octanol–water partition coefficient (Wildman–Crippen LogP) is 5.91. The smallest absolute Gasteiger partial charge is 0.410 e. The molecule has 0 bridgehead atoms. The molecule has 5 rings (SSSR count). The molecule has 1 saturated carbocycles. The van der Waals surface area contributed by atoms with E-state index >= 15 is 0 Å². The standard InChI is InChI=1S/C35H54N6O5/c1-22(2)26-21-40(18-19-41(26)33(44)46-34(4,5)6)28-20-29(45-23(3)25-13-11-17-39(25)7)38-32(37-28)30(36)24-12-10-16-35(31(24)43)15-9-8-14-27(35)42/h20,22-23,25-26,36,43H,8-19,21H2,1-7H3/t23-,25-,26-,35+/m0/s1. The van der Waals surface area contributed by atoms with E-state index in [0.29, 0.717) is 62.6 Å². The van der Waals surface area contributed by atoms with E-state index in [1.165, 1.54) is 0 Å². The highest BCUT2D eigenvalue weighted by molar-refractivity contribution is 6.09. The highest BCUT2D eigenvalue weighted by atomic mass is 16.6. The van der Waals surface area contributed by atoms with Gasteiger partial charge in [-0.15, -0.1) is 0 Å². The van der Waals surface area contributed by atoms with Gasteiger partial charge in [-0.1, -0.05) is 20.3 Å². The third-order valence-electron chi connectivity index (χ3n) is 10.3. The summed E-state index contributed by atoms with van der Waals surface area (Å²) in [5.74, 6) is 1.46. The molecule has 0 radical (unpaired) electrons. The third kappa shape index (κ3) is 7.04. The molecule has 11 nitrogen and oxygen atoms in total. The first kappa shape index (κ1) is 34.1. The fraction of sp³-hybridized carbons (Fsp3) is 0.743. The van der Waals surface area contributed by atoms with Crippen molar-refractivity contribution in [2.45, 2.75) is 123 Å². The van der Waals surface area contributed by atoms with Gasteiger partial charge in [-0.3, -0.25) is 15.1 Å². The fourth-order valence-electron chi connectivity index (χ4n) is 7.76. The van der Waals surface area contributed by atoms with Gasteiger partial charge in [0.1, 0.15) is 34.8 Å². The number of carbonyl (C=O) groups is 2. The SMILES string of the molecule is CC(C)[C@@H]1CN(c2cc(O[C@@H](C)[C@@H]3CCCN3C)nc(C(=N)C3=C(O)[C@]4(CCCCC4=O)CCC3)n2)CCN1C(=O)OC(C)(C)C. The zero-order chi connectivity index (χ0) is 33.4. The number of hydrogen-bond donors (Lipinski definition) is 2. The van der Waals surface area contributed by atoms with Crippen LogP contribution in [0.5, 0.6) is 5.88 Å². The molecule has 4 aliphatic rings. The fourth-order valence-corrected chi connectivity index (χ4v) is 7.76. The summed E-state index contributed by atoms with van der Waals surface area (Å²) in [6.45, 7) is 14.4. The molecule has 2 aliphatic heterocycles. The Labute approximate surface area is 274 Å². The summed E-state index contributed by atoms with van der Waals surface area (Å²) in [7, 11) is 2.11. The van der Waals surface area contributed by atoms with E-state index in [4.69, 9.17) is 19.4 Å². The molecule has 1 amide bonds. The Kier molecular flexibility index (Phi) is 10.0. The van der Waals surface area contributed by atoms with Gasteiger partial charge in [0.25, 0.3) is 0 Å². The number of anilines is 1. The number of rotatable bonds is 7. The van der Waals surface area contributed by atoms with Crippen LogP contribution in [0, 0.1) is 16.7 Å². The second-order valence-corrected chi connectivity index (χ2v) is 15.1. The minimum atomic E-state index is -0.890. The number of aliphatic hydroxyl groups excluding tert-OH is 1. The van der Waals surface area contributed by atoms with Crippen molar-refractivity contribution in [1.29, 1.82) is 5.41 Å². The maximum Gasteiger partial charge on any atom is 0.410 e. The summed E-state index contributed by atoms with van der Waals surface area (Å²) in [4.78, 5) is 42.2. The lowest BCUT2D eigenvalue weighted by Gasteiger charge is -2.44. The van der Waals surface area contributed by atoms with Crippen LogP contribution < -0.4 is 9.64 Å². The van der Waals surface area contributed by atoms with E-state index in [-0.39, 0.29) is 53.3 Å². The van der Waals surface area contributed by atoms with Crippen LogP contribution in [0.15, 0.2) is 17.4 Å². The van der Waals surface area contributed by atoms with Crippen molar-refractivity contribution < 1.29 is 24.2 Å². The molecule has 0 unspecified atom stereocenters. The van der Waals surface area contributed by atoms with Crippen LogP contribution in [0.2, 0.25) is 0 Å². The van der Waals surface area contributed by atoms with Crippen molar-refractivity contribution in [3.8, 4) is 5.88 Å². The van der Waals surface area contributed by atoms with Gasteiger partial charge in [0.15, 0.2) is 5.82 Å². The van der Waals surface area contributed by atoms with Gasteiger partial charge in [0.2, 0.25) is 5.88 Å². The van der Waals surface area contributed by atoms with E-state index in [9.17, 15) is 20.1 Å². The minimum absolute atomic E-state index is 0.0386. The lowest BCUT2D eigenvalue weighted by atomic mass is 9.64. The Morgan fingerprint density at radius 2 is 1.78 bits per heavy atom. The number of piperazine rings is 1. The van der Waals surface area contributed by atoms with Crippen LogP contribution in [0.1, 0.15) is 105 Å². The Hall–Kier alpha value is -3.21. The van der Waals surface area contributed by atoms with Gasteiger partial charge in [-0.05, 0) is 92.2 Å². The average Bonchev–Trinajstić information content (AvgIpc) is 3.44. The Morgan fingerprint density at radius 3 is 2.43 bits per heavy atom. The van der Waals surface area contributed by atoms with Crippen molar-refractivity contribution in [2.75, 3.05) is 38.1 Å². The van der Waals surface area contributed by atoms with Crippen LogP contribution in [0.25, 0.3) is 0 Å². The number of amides is 1. The van der Waals surface area contributed by atoms with Crippen LogP contribution in [0.4, 0.5) is 10.6 Å². The number of hydrogen-bond acceptors (Lipinski definition) is 10. The van der Waals surface area contributed by atoms with Crippen molar-refractivity contribution in [2.24, 2.45) is 11.3 Å². The molecule has 1 spiro atoms. The molecule has 4 atom stereocenters. The first-order chi connectivity index (χ1) is 21.7. The summed E-state index contributed by atoms with van der Waals surface area (Å²) < 4.78 is 12.2. The van der Waals surface area contributed by atoms with Crippen molar-refractivity contribution in [3.63, 3.8) is 0 Å². The Balaban J connectivity index is 1.48. The van der Waals surface area contributed by atoms with Crippen molar-refractivity contribution in [3.05, 3.63) is 23.2 Å². The number of Topliss-reactive ketones (excluding diaryl/α,β-unsaturated/α-hetero) is 1. The van der Waals surface area contributed by atoms with Crippen molar-refractivity contribution >= 4 is 23.4 Å². The molecular formula is C35H54N6O5. The second-order valence-electron chi connectivity index (χ2n) is 15.1. The number of nitrogens with zero attached hydrogens (tertiary/aromatic N) is 5. The quantitative estimate of drug-likeness (QED) is 0.350. The first-order valence-electron chi connectivity index (χ1n) is 17.3. The Bertz CT molecular complexity index is 1360. The van der Waals surface area contributed by atoms with E-state index < -0.39 is 11.0 Å². The highest BCUT2D eigenvalue weighted by Crippen LogP contribution is 2.48. The van der Waals surface area contributed by atoms with E-state index in [1.807, 2.05) is 31.7 Å². The lowest BCUT2D eigenvalue weighted by Crippen LogP contribution is -2.58. The van der Waals surface area contributed by atoms with Crippen LogP contribution in [-0.2, 0) is 9.53 Å². The zero-order valence-corrected chi connectivity index (χ0v) is 28.9. The maximum absolute atomic E-state index is 13.2. The molecule has 2 aliphatic carbocycles. The molecule has 46 heavy (non-hydrogen) atoms.